The van der Waals surface area contributed by atoms with E-state index < -0.39 is 5.67 Å². The molecule has 9 heavy (non-hydrogen) atoms. The lowest BCUT2D eigenvalue weighted by molar-refractivity contribution is 0.295. The molecule has 2 aliphatic carbocycles. The van der Waals surface area contributed by atoms with Gasteiger partial charge in [-0.05, 0) is 25.7 Å². The van der Waals surface area contributed by atoms with Gasteiger partial charge in [0.05, 0.1) is 0 Å². The number of rotatable bonds is 3. The third-order valence-electron chi connectivity index (χ3n) is 2.08. The Bertz CT molecular complexity index is 116. The monoisotopic (exact) mass is 129 g/mol. The summed E-state index contributed by atoms with van der Waals surface area (Å²) in [5, 5.41) is 3.18. The number of hydrogen-bond donors (Lipinski definition) is 1. The standard InChI is InChI=1S/C7H12FN/c8-7(3-4-7)5-9-6-1-2-6/h6,9H,1-5H2. The quantitative estimate of drug-likeness (QED) is 0.604. The van der Waals surface area contributed by atoms with Crippen LogP contribution >= 0.6 is 0 Å². The van der Waals surface area contributed by atoms with E-state index in [0.717, 1.165) is 12.8 Å². The van der Waals surface area contributed by atoms with Gasteiger partial charge in [0.1, 0.15) is 5.67 Å². The molecule has 0 unspecified atom stereocenters. The van der Waals surface area contributed by atoms with Gasteiger partial charge in [-0.3, -0.25) is 0 Å². The van der Waals surface area contributed by atoms with E-state index >= 15 is 0 Å². The van der Waals surface area contributed by atoms with E-state index in [1.165, 1.54) is 12.8 Å². The molecule has 0 spiro atoms. The first-order valence-electron chi connectivity index (χ1n) is 3.71. The SMILES string of the molecule is FC1(CNC2CC2)CC1. The van der Waals surface area contributed by atoms with E-state index in [1.807, 2.05) is 0 Å². The topological polar surface area (TPSA) is 12.0 Å². The van der Waals surface area contributed by atoms with Crippen molar-refractivity contribution in [2.45, 2.75) is 37.4 Å². The van der Waals surface area contributed by atoms with Crippen LogP contribution in [0.4, 0.5) is 4.39 Å². The Labute approximate surface area is 54.6 Å². The molecule has 2 heteroatoms. The van der Waals surface area contributed by atoms with Gasteiger partial charge in [-0.2, -0.15) is 0 Å². The van der Waals surface area contributed by atoms with Gasteiger partial charge in [0.2, 0.25) is 0 Å². The van der Waals surface area contributed by atoms with E-state index in [1.54, 1.807) is 0 Å². The summed E-state index contributed by atoms with van der Waals surface area (Å²) in [6.45, 7) is 0.609. The molecule has 0 radical (unpaired) electrons. The minimum atomic E-state index is -0.789. The summed E-state index contributed by atoms with van der Waals surface area (Å²) >= 11 is 0. The fourth-order valence-corrected chi connectivity index (χ4v) is 0.927. The summed E-state index contributed by atoms with van der Waals surface area (Å²) in [4.78, 5) is 0. The first-order valence-corrected chi connectivity index (χ1v) is 3.71. The Kier molecular flexibility index (Phi) is 1.06. The van der Waals surface area contributed by atoms with Crippen LogP contribution < -0.4 is 5.32 Å². The third-order valence-corrected chi connectivity index (χ3v) is 2.08. The average Bonchev–Trinajstić information content (AvgIpc) is 2.58. The van der Waals surface area contributed by atoms with Gasteiger partial charge in [0, 0.05) is 12.6 Å². The predicted molar refractivity (Wildman–Crippen MR) is 34.1 cm³/mol. The van der Waals surface area contributed by atoms with Crippen LogP contribution in [0.25, 0.3) is 0 Å². The Morgan fingerprint density at radius 1 is 1.44 bits per heavy atom. The summed E-state index contributed by atoms with van der Waals surface area (Å²) in [5.41, 5.74) is -0.789. The molecule has 0 aromatic heterocycles. The second kappa shape index (κ2) is 1.69. The molecule has 0 heterocycles. The summed E-state index contributed by atoms with van der Waals surface area (Å²) in [6.07, 6.45) is 4.09. The summed E-state index contributed by atoms with van der Waals surface area (Å²) in [7, 11) is 0. The molecule has 1 nitrogen and oxygen atoms in total. The Hall–Kier alpha value is -0.110. The smallest absolute Gasteiger partial charge is 0.123 e. The van der Waals surface area contributed by atoms with E-state index in [4.69, 9.17) is 0 Å². The average molecular weight is 129 g/mol. The van der Waals surface area contributed by atoms with E-state index in [0.29, 0.717) is 12.6 Å². The molecule has 2 rings (SSSR count). The first-order chi connectivity index (χ1) is 4.29. The van der Waals surface area contributed by atoms with Crippen molar-refractivity contribution >= 4 is 0 Å². The molecular weight excluding hydrogens is 117 g/mol. The van der Waals surface area contributed by atoms with Crippen LogP contribution in [-0.4, -0.2) is 18.3 Å². The second-order valence-electron chi connectivity index (χ2n) is 3.31. The van der Waals surface area contributed by atoms with Gasteiger partial charge in [-0.1, -0.05) is 0 Å². The lowest BCUT2D eigenvalue weighted by atomic mass is 10.4. The second-order valence-corrected chi connectivity index (χ2v) is 3.31. The fourth-order valence-electron chi connectivity index (χ4n) is 0.927. The molecule has 2 saturated carbocycles. The van der Waals surface area contributed by atoms with E-state index in [2.05, 4.69) is 5.32 Å². The number of alkyl halides is 1. The normalized spacial score (nSPS) is 30.3. The largest absolute Gasteiger partial charge is 0.311 e. The minimum Gasteiger partial charge on any atom is -0.311 e. The highest BCUT2D eigenvalue weighted by molar-refractivity contribution is 4.98. The summed E-state index contributed by atoms with van der Waals surface area (Å²) in [5.74, 6) is 0. The van der Waals surface area contributed by atoms with Gasteiger partial charge < -0.3 is 5.32 Å². The first kappa shape index (κ1) is 5.66. The van der Waals surface area contributed by atoms with Crippen LogP contribution in [0, 0.1) is 0 Å². The molecule has 2 fully saturated rings. The Balaban J connectivity index is 1.65. The maximum Gasteiger partial charge on any atom is 0.123 e. The van der Waals surface area contributed by atoms with Crippen molar-refractivity contribution in [1.29, 1.82) is 0 Å². The molecule has 0 aliphatic heterocycles. The molecule has 1 N–H and O–H groups in total. The summed E-state index contributed by atoms with van der Waals surface area (Å²) in [6, 6.07) is 0.665. The highest BCUT2D eigenvalue weighted by atomic mass is 19.1. The van der Waals surface area contributed by atoms with Gasteiger partial charge in [-0.15, -0.1) is 0 Å². The van der Waals surface area contributed by atoms with Crippen molar-refractivity contribution in [1.82, 2.24) is 5.32 Å². The van der Waals surface area contributed by atoms with Crippen LogP contribution in [0.2, 0.25) is 0 Å². The molecule has 0 amide bonds. The van der Waals surface area contributed by atoms with Crippen molar-refractivity contribution < 1.29 is 4.39 Å². The molecule has 0 bridgehead atoms. The predicted octanol–water partition coefficient (Wildman–Crippen LogP) is 1.24. The minimum absolute atomic E-state index is 0.609. The Morgan fingerprint density at radius 3 is 2.56 bits per heavy atom. The van der Waals surface area contributed by atoms with Crippen molar-refractivity contribution in [3.8, 4) is 0 Å². The molecule has 0 aromatic carbocycles. The molecular formula is C7H12FN. The number of nitrogens with one attached hydrogen (secondary N) is 1. The Morgan fingerprint density at radius 2 is 2.11 bits per heavy atom. The van der Waals surface area contributed by atoms with Crippen LogP contribution in [0.15, 0.2) is 0 Å². The van der Waals surface area contributed by atoms with Gasteiger partial charge in [-0.25, -0.2) is 4.39 Å². The lowest BCUT2D eigenvalue weighted by Gasteiger charge is -2.03. The van der Waals surface area contributed by atoms with Crippen LogP contribution in [0.5, 0.6) is 0 Å². The van der Waals surface area contributed by atoms with Gasteiger partial charge in [0.25, 0.3) is 0 Å². The maximum atomic E-state index is 12.8. The zero-order valence-corrected chi connectivity index (χ0v) is 5.49. The van der Waals surface area contributed by atoms with Crippen LogP contribution in [-0.2, 0) is 0 Å². The molecule has 0 saturated heterocycles. The van der Waals surface area contributed by atoms with Gasteiger partial charge in [0.15, 0.2) is 0 Å². The van der Waals surface area contributed by atoms with Crippen molar-refractivity contribution in [3.63, 3.8) is 0 Å². The molecule has 0 aromatic rings. The van der Waals surface area contributed by atoms with Crippen molar-refractivity contribution in [2.75, 3.05) is 6.54 Å². The van der Waals surface area contributed by atoms with Crippen LogP contribution in [0.1, 0.15) is 25.7 Å². The molecule has 2 aliphatic rings. The third kappa shape index (κ3) is 1.42. The van der Waals surface area contributed by atoms with Crippen molar-refractivity contribution in [3.05, 3.63) is 0 Å². The fraction of sp³-hybridized carbons (Fsp3) is 1.00. The van der Waals surface area contributed by atoms with Gasteiger partial charge >= 0.3 is 0 Å². The van der Waals surface area contributed by atoms with Crippen LogP contribution in [0.3, 0.4) is 0 Å². The number of halogens is 1. The highest BCUT2D eigenvalue weighted by Gasteiger charge is 2.43. The van der Waals surface area contributed by atoms with E-state index in [9.17, 15) is 4.39 Å². The summed E-state index contributed by atoms with van der Waals surface area (Å²) < 4.78 is 12.8. The van der Waals surface area contributed by atoms with Crippen molar-refractivity contribution in [2.24, 2.45) is 0 Å². The highest BCUT2D eigenvalue weighted by Crippen LogP contribution is 2.39. The maximum absolute atomic E-state index is 12.8. The zero-order valence-electron chi connectivity index (χ0n) is 5.49. The number of hydrogen-bond acceptors (Lipinski definition) is 1. The lowest BCUT2D eigenvalue weighted by Crippen LogP contribution is -2.26. The molecule has 0 atom stereocenters. The molecule has 52 valence electrons. The zero-order chi connectivity index (χ0) is 6.32. The van der Waals surface area contributed by atoms with E-state index in [-0.39, 0.29) is 0 Å².